The number of hydrogen-bond donors (Lipinski definition) is 1. The lowest BCUT2D eigenvalue weighted by molar-refractivity contribution is -0.156. The lowest BCUT2D eigenvalue weighted by Crippen LogP contribution is -2.29. The molecule has 0 heterocycles. The summed E-state index contributed by atoms with van der Waals surface area (Å²) in [6.07, 6.45) is 0.667. The van der Waals surface area contributed by atoms with Gasteiger partial charge in [0.25, 0.3) is 0 Å². The summed E-state index contributed by atoms with van der Waals surface area (Å²) >= 11 is 0. The molecule has 0 spiro atoms. The Hall–Kier alpha value is -1.39. The maximum Gasteiger partial charge on any atom is 0.335 e. The van der Waals surface area contributed by atoms with Gasteiger partial charge in [0, 0.05) is 13.0 Å². The second-order valence-corrected chi connectivity index (χ2v) is 4.24. The monoisotopic (exact) mass is 266 g/mol. The van der Waals surface area contributed by atoms with E-state index in [1.54, 1.807) is 6.92 Å². The molecule has 19 heavy (non-hydrogen) atoms. The molecule has 1 aromatic rings. The molecule has 4 heteroatoms. The van der Waals surface area contributed by atoms with Crippen LogP contribution in [-0.4, -0.2) is 30.4 Å². The van der Waals surface area contributed by atoms with E-state index < -0.39 is 6.10 Å². The smallest absolute Gasteiger partial charge is 0.335 e. The Balaban J connectivity index is 2.77. The van der Waals surface area contributed by atoms with Gasteiger partial charge in [-0.2, -0.15) is 0 Å². The van der Waals surface area contributed by atoms with Crippen molar-refractivity contribution in [1.82, 2.24) is 0 Å². The van der Waals surface area contributed by atoms with E-state index in [0.717, 1.165) is 17.5 Å². The zero-order chi connectivity index (χ0) is 14.1. The second-order valence-electron chi connectivity index (χ2n) is 4.24. The van der Waals surface area contributed by atoms with Crippen LogP contribution in [0.15, 0.2) is 24.3 Å². The SMILES string of the molecule is CCCOC(Cc1ccccc1CO)C(=O)OCC. The highest BCUT2D eigenvalue weighted by Crippen LogP contribution is 2.14. The minimum atomic E-state index is -0.604. The van der Waals surface area contributed by atoms with Crippen molar-refractivity contribution >= 4 is 5.97 Å². The first kappa shape index (κ1) is 15.7. The van der Waals surface area contributed by atoms with Gasteiger partial charge < -0.3 is 14.6 Å². The average molecular weight is 266 g/mol. The van der Waals surface area contributed by atoms with Crippen LogP contribution in [0.2, 0.25) is 0 Å². The van der Waals surface area contributed by atoms with Crippen molar-refractivity contribution in [2.24, 2.45) is 0 Å². The molecule has 0 bridgehead atoms. The Morgan fingerprint density at radius 2 is 1.95 bits per heavy atom. The molecule has 0 aliphatic heterocycles. The Kier molecular flexibility index (Phi) is 7.15. The van der Waals surface area contributed by atoms with Gasteiger partial charge >= 0.3 is 5.97 Å². The van der Waals surface area contributed by atoms with Gasteiger partial charge in [-0.15, -0.1) is 0 Å². The molecule has 1 atom stereocenters. The fourth-order valence-corrected chi connectivity index (χ4v) is 1.82. The van der Waals surface area contributed by atoms with Crippen LogP contribution in [0.5, 0.6) is 0 Å². The molecular formula is C15H22O4. The Labute approximate surface area is 114 Å². The Morgan fingerprint density at radius 1 is 1.26 bits per heavy atom. The molecule has 4 nitrogen and oxygen atoms in total. The first-order chi connectivity index (χ1) is 9.22. The van der Waals surface area contributed by atoms with E-state index in [0.29, 0.717) is 19.6 Å². The maximum absolute atomic E-state index is 11.8. The molecule has 0 saturated carbocycles. The first-order valence-corrected chi connectivity index (χ1v) is 6.68. The first-order valence-electron chi connectivity index (χ1n) is 6.68. The molecule has 0 aromatic heterocycles. The minimum absolute atomic E-state index is 0.0422. The number of ether oxygens (including phenoxy) is 2. The standard InChI is InChI=1S/C15H22O4/c1-3-9-19-14(15(17)18-4-2)10-12-7-5-6-8-13(12)11-16/h5-8,14,16H,3-4,9-11H2,1-2H3. The minimum Gasteiger partial charge on any atom is -0.464 e. The second kappa shape index (κ2) is 8.67. The predicted octanol–water partition coefficient (Wildman–Crippen LogP) is 2.08. The van der Waals surface area contributed by atoms with Crippen LogP contribution < -0.4 is 0 Å². The van der Waals surface area contributed by atoms with Crippen LogP contribution in [0.1, 0.15) is 31.4 Å². The number of rotatable bonds is 8. The number of benzene rings is 1. The summed E-state index contributed by atoms with van der Waals surface area (Å²) in [6.45, 7) is 4.58. The van der Waals surface area contributed by atoms with Crippen LogP contribution in [0.3, 0.4) is 0 Å². The van der Waals surface area contributed by atoms with E-state index in [4.69, 9.17) is 9.47 Å². The number of hydrogen-bond acceptors (Lipinski definition) is 4. The molecule has 0 radical (unpaired) electrons. The maximum atomic E-state index is 11.8. The van der Waals surface area contributed by atoms with Gasteiger partial charge in [-0.05, 0) is 24.5 Å². The van der Waals surface area contributed by atoms with Gasteiger partial charge in [0.2, 0.25) is 0 Å². The Morgan fingerprint density at radius 3 is 2.53 bits per heavy atom. The van der Waals surface area contributed by atoms with Crippen molar-refractivity contribution in [3.05, 3.63) is 35.4 Å². The molecule has 0 aliphatic rings. The highest BCUT2D eigenvalue weighted by atomic mass is 16.6. The van der Waals surface area contributed by atoms with E-state index in [2.05, 4.69) is 0 Å². The third kappa shape index (κ3) is 5.01. The summed E-state index contributed by atoms with van der Waals surface area (Å²) in [7, 11) is 0. The van der Waals surface area contributed by atoms with Crippen LogP contribution >= 0.6 is 0 Å². The van der Waals surface area contributed by atoms with Crippen LogP contribution in [0.25, 0.3) is 0 Å². The highest BCUT2D eigenvalue weighted by Gasteiger charge is 2.21. The lowest BCUT2D eigenvalue weighted by Gasteiger charge is -2.17. The summed E-state index contributed by atoms with van der Waals surface area (Å²) in [5.74, 6) is -0.344. The van der Waals surface area contributed by atoms with Crippen LogP contribution in [0, 0.1) is 0 Å². The summed E-state index contributed by atoms with van der Waals surface area (Å²) in [6, 6.07) is 7.49. The van der Waals surface area contributed by atoms with Crippen LogP contribution in [0.4, 0.5) is 0 Å². The summed E-state index contributed by atoms with van der Waals surface area (Å²) < 4.78 is 10.6. The van der Waals surface area contributed by atoms with Crippen molar-refractivity contribution < 1.29 is 19.4 Å². The Bertz CT molecular complexity index is 389. The average Bonchev–Trinajstić information content (AvgIpc) is 2.44. The van der Waals surface area contributed by atoms with E-state index in [-0.39, 0.29) is 12.6 Å². The zero-order valence-corrected chi connectivity index (χ0v) is 11.6. The van der Waals surface area contributed by atoms with E-state index >= 15 is 0 Å². The van der Waals surface area contributed by atoms with Crippen molar-refractivity contribution in [2.75, 3.05) is 13.2 Å². The molecule has 0 fully saturated rings. The molecule has 1 rings (SSSR count). The fraction of sp³-hybridized carbons (Fsp3) is 0.533. The molecule has 1 aromatic carbocycles. The number of carbonyl (C=O) groups is 1. The molecule has 0 aliphatic carbocycles. The van der Waals surface area contributed by atoms with Crippen molar-refractivity contribution in [3.63, 3.8) is 0 Å². The molecule has 106 valence electrons. The van der Waals surface area contributed by atoms with Gasteiger partial charge in [0.05, 0.1) is 13.2 Å². The molecular weight excluding hydrogens is 244 g/mol. The molecule has 1 N–H and O–H groups in total. The zero-order valence-electron chi connectivity index (χ0n) is 11.6. The molecule has 1 unspecified atom stereocenters. The third-order valence-electron chi connectivity index (χ3n) is 2.77. The van der Waals surface area contributed by atoms with E-state index in [1.807, 2.05) is 31.2 Å². The van der Waals surface area contributed by atoms with E-state index in [9.17, 15) is 9.90 Å². The van der Waals surface area contributed by atoms with Crippen molar-refractivity contribution in [1.29, 1.82) is 0 Å². The number of aliphatic hydroxyl groups excluding tert-OH is 1. The summed E-state index contributed by atoms with van der Waals surface area (Å²) in [5.41, 5.74) is 1.73. The fourth-order valence-electron chi connectivity index (χ4n) is 1.82. The van der Waals surface area contributed by atoms with Gasteiger partial charge in [-0.1, -0.05) is 31.2 Å². The van der Waals surface area contributed by atoms with Gasteiger partial charge in [-0.25, -0.2) is 4.79 Å². The highest BCUT2D eigenvalue weighted by molar-refractivity contribution is 5.75. The summed E-state index contributed by atoms with van der Waals surface area (Å²) in [4.78, 5) is 11.8. The van der Waals surface area contributed by atoms with Crippen molar-refractivity contribution in [3.8, 4) is 0 Å². The van der Waals surface area contributed by atoms with E-state index in [1.165, 1.54) is 0 Å². The third-order valence-corrected chi connectivity index (χ3v) is 2.77. The largest absolute Gasteiger partial charge is 0.464 e. The number of carbonyl (C=O) groups excluding carboxylic acids is 1. The molecule has 0 amide bonds. The quantitative estimate of drug-likeness (QED) is 0.732. The number of esters is 1. The topological polar surface area (TPSA) is 55.8 Å². The lowest BCUT2D eigenvalue weighted by atomic mass is 10.0. The van der Waals surface area contributed by atoms with Crippen LogP contribution in [-0.2, 0) is 27.3 Å². The predicted molar refractivity (Wildman–Crippen MR) is 72.7 cm³/mol. The van der Waals surface area contributed by atoms with Gasteiger partial charge in [-0.3, -0.25) is 0 Å². The van der Waals surface area contributed by atoms with Gasteiger partial charge in [0.1, 0.15) is 0 Å². The number of aliphatic hydroxyl groups is 1. The normalized spacial score (nSPS) is 12.2. The summed E-state index contributed by atoms with van der Waals surface area (Å²) in [5, 5.41) is 9.29. The molecule has 0 saturated heterocycles. The van der Waals surface area contributed by atoms with Crippen molar-refractivity contribution in [2.45, 2.75) is 39.4 Å². The van der Waals surface area contributed by atoms with Gasteiger partial charge in [0.15, 0.2) is 6.10 Å².